The molecule has 0 N–H and O–H groups in total. The summed E-state index contributed by atoms with van der Waals surface area (Å²) in [7, 11) is 2.07. The highest BCUT2D eigenvalue weighted by Crippen LogP contribution is 2.51. The molecule has 2 aromatic heterocycles. The van der Waals surface area contributed by atoms with Gasteiger partial charge in [-0.05, 0) is 70.7 Å². The Morgan fingerprint density at radius 3 is 2.25 bits per heavy atom. The summed E-state index contributed by atoms with van der Waals surface area (Å²) in [6.45, 7) is 15.6. The summed E-state index contributed by atoms with van der Waals surface area (Å²) in [4.78, 5) is 0. The van der Waals surface area contributed by atoms with E-state index in [0.717, 1.165) is 33.4 Å². The Kier molecular flexibility index (Phi) is 4.72. The molecule has 5 aromatic rings. The van der Waals surface area contributed by atoms with Crippen molar-refractivity contribution in [2.75, 3.05) is 0 Å². The molecule has 6 rings (SSSR count). The number of hydrogen-bond donors (Lipinski definition) is 0. The molecule has 0 bridgehead atoms. The molecule has 2 heteroatoms. The SMILES string of the molecule is [2H]C(C)(C)c1ccc(-c2c(C)ccc3c2oc2c3ccc3ccc4c(c32)C(C)(C)CCC4(C)C)[n+](C)c1. The second kappa shape index (κ2) is 7.68. The zero-order valence-electron chi connectivity index (χ0n) is 24.0. The number of rotatable bonds is 2. The number of hydrogen-bond acceptors (Lipinski definition) is 1. The first-order valence-corrected chi connectivity index (χ1v) is 13.2. The quantitative estimate of drug-likeness (QED) is 0.232. The lowest BCUT2D eigenvalue weighted by atomic mass is 9.62. The van der Waals surface area contributed by atoms with Crippen molar-refractivity contribution in [3.8, 4) is 11.3 Å². The van der Waals surface area contributed by atoms with Crippen molar-refractivity contribution in [2.24, 2.45) is 7.05 Å². The van der Waals surface area contributed by atoms with Crippen molar-refractivity contribution in [2.45, 2.75) is 78.0 Å². The Morgan fingerprint density at radius 1 is 0.861 bits per heavy atom. The van der Waals surface area contributed by atoms with Crippen LogP contribution in [-0.4, -0.2) is 0 Å². The molecular weight excluding hydrogens is 438 g/mol. The number of pyridine rings is 1. The van der Waals surface area contributed by atoms with E-state index < -0.39 is 5.89 Å². The van der Waals surface area contributed by atoms with Crippen molar-refractivity contribution < 1.29 is 10.4 Å². The van der Waals surface area contributed by atoms with Crippen LogP contribution in [0.2, 0.25) is 0 Å². The van der Waals surface area contributed by atoms with Gasteiger partial charge in [-0.1, -0.05) is 71.9 Å². The molecule has 2 heterocycles. The topological polar surface area (TPSA) is 17.0 Å². The highest BCUT2D eigenvalue weighted by Gasteiger charge is 2.39. The van der Waals surface area contributed by atoms with Crippen molar-refractivity contribution in [3.05, 3.63) is 77.0 Å². The minimum absolute atomic E-state index is 0.0850. The van der Waals surface area contributed by atoms with Gasteiger partial charge in [0.2, 0.25) is 5.69 Å². The van der Waals surface area contributed by atoms with Gasteiger partial charge >= 0.3 is 0 Å². The monoisotopic (exact) mass is 477 g/mol. The molecule has 0 amide bonds. The summed E-state index contributed by atoms with van der Waals surface area (Å²) >= 11 is 0. The van der Waals surface area contributed by atoms with Crippen LogP contribution in [0.15, 0.2) is 59.1 Å². The van der Waals surface area contributed by atoms with Gasteiger partial charge < -0.3 is 4.42 Å². The van der Waals surface area contributed by atoms with Gasteiger partial charge in [-0.25, -0.2) is 4.57 Å². The van der Waals surface area contributed by atoms with Gasteiger partial charge in [0.05, 0.1) is 5.56 Å². The molecule has 1 aliphatic carbocycles. The third-order valence-corrected chi connectivity index (χ3v) is 8.75. The van der Waals surface area contributed by atoms with E-state index >= 15 is 0 Å². The third-order valence-electron chi connectivity index (χ3n) is 8.75. The largest absolute Gasteiger partial charge is 0.454 e. The van der Waals surface area contributed by atoms with Crippen LogP contribution in [0.1, 0.15) is 83.9 Å². The van der Waals surface area contributed by atoms with Gasteiger partial charge in [0.15, 0.2) is 6.20 Å². The first-order valence-electron chi connectivity index (χ1n) is 13.7. The molecule has 2 nitrogen and oxygen atoms in total. The Hall–Kier alpha value is -3.13. The lowest BCUT2D eigenvalue weighted by Gasteiger charge is -2.42. The number of aryl methyl sites for hydroxylation is 2. The predicted octanol–water partition coefficient (Wildman–Crippen LogP) is 9.01. The van der Waals surface area contributed by atoms with Crippen molar-refractivity contribution in [1.29, 1.82) is 0 Å². The first-order chi connectivity index (χ1) is 17.3. The number of furan rings is 1. The van der Waals surface area contributed by atoms with E-state index in [2.05, 4.69) is 101 Å². The second-order valence-corrected chi connectivity index (χ2v) is 12.4. The van der Waals surface area contributed by atoms with Crippen molar-refractivity contribution >= 4 is 32.7 Å². The molecule has 0 spiro atoms. The molecule has 36 heavy (non-hydrogen) atoms. The predicted molar refractivity (Wildman–Crippen MR) is 152 cm³/mol. The molecule has 0 fully saturated rings. The van der Waals surface area contributed by atoms with E-state index in [-0.39, 0.29) is 10.8 Å². The van der Waals surface area contributed by atoms with Crippen molar-refractivity contribution in [1.82, 2.24) is 0 Å². The fourth-order valence-electron chi connectivity index (χ4n) is 6.44. The standard InChI is InChI=1S/C34H38NO/c1-20(2)23-12-16-27(35(8)19-23)28-21(3)9-13-24-25-14-10-22-11-15-26-30(29(22)32(25)36-31(24)28)34(6,7)18-17-33(26,4)5/h9-16,19-20H,17-18H2,1-8H3/q+1/i20D. The first kappa shape index (κ1) is 22.1. The van der Waals surface area contributed by atoms with Crippen LogP contribution >= 0.6 is 0 Å². The summed E-state index contributed by atoms with van der Waals surface area (Å²) in [6.07, 6.45) is 4.45. The lowest BCUT2D eigenvalue weighted by Crippen LogP contribution is -2.34. The summed E-state index contributed by atoms with van der Waals surface area (Å²) in [5.41, 5.74) is 9.51. The van der Waals surface area contributed by atoms with E-state index in [1.807, 2.05) is 13.8 Å². The average molecular weight is 478 g/mol. The summed E-state index contributed by atoms with van der Waals surface area (Å²) in [5.74, 6) is -0.644. The van der Waals surface area contributed by atoms with E-state index in [1.54, 1.807) is 0 Å². The van der Waals surface area contributed by atoms with Crippen LogP contribution in [0.5, 0.6) is 0 Å². The van der Waals surface area contributed by atoms with E-state index in [4.69, 9.17) is 5.79 Å². The molecule has 1 aliphatic rings. The molecule has 0 aliphatic heterocycles. The molecule has 0 saturated carbocycles. The Morgan fingerprint density at radius 2 is 1.53 bits per heavy atom. The smallest absolute Gasteiger partial charge is 0.216 e. The highest BCUT2D eigenvalue weighted by atomic mass is 16.3. The third kappa shape index (κ3) is 3.26. The van der Waals surface area contributed by atoms with Crippen LogP contribution in [0.4, 0.5) is 0 Å². The second-order valence-electron chi connectivity index (χ2n) is 12.4. The maximum Gasteiger partial charge on any atom is 0.216 e. The zero-order chi connectivity index (χ0) is 26.5. The van der Waals surface area contributed by atoms with Gasteiger partial charge in [0.1, 0.15) is 18.2 Å². The average Bonchev–Trinajstić information content (AvgIpc) is 3.20. The minimum atomic E-state index is -0.644. The van der Waals surface area contributed by atoms with Crippen molar-refractivity contribution in [3.63, 3.8) is 0 Å². The van der Waals surface area contributed by atoms with Crippen LogP contribution < -0.4 is 4.57 Å². The van der Waals surface area contributed by atoms with E-state index in [9.17, 15) is 0 Å². The Balaban J connectivity index is 1.72. The molecular formula is C34H38NO+. The maximum atomic E-state index is 8.47. The van der Waals surface area contributed by atoms with Crippen LogP contribution in [0.25, 0.3) is 44.0 Å². The minimum Gasteiger partial charge on any atom is -0.454 e. The van der Waals surface area contributed by atoms with Crippen LogP contribution in [0, 0.1) is 6.92 Å². The summed E-state index contributed by atoms with van der Waals surface area (Å²) in [5, 5.41) is 4.88. The van der Waals surface area contributed by atoms with Gasteiger partial charge in [-0.15, -0.1) is 0 Å². The molecule has 0 radical (unpaired) electrons. The van der Waals surface area contributed by atoms with Gasteiger partial charge in [0.25, 0.3) is 0 Å². The van der Waals surface area contributed by atoms with Crippen LogP contribution in [-0.2, 0) is 17.9 Å². The van der Waals surface area contributed by atoms with E-state index in [1.165, 1.54) is 45.7 Å². The number of nitrogens with zero attached hydrogens (tertiary/aromatic N) is 1. The molecule has 0 atom stereocenters. The fourth-order valence-corrected chi connectivity index (χ4v) is 6.44. The fraction of sp³-hybridized carbons (Fsp3) is 0.382. The molecule has 0 unspecified atom stereocenters. The van der Waals surface area contributed by atoms with Crippen LogP contribution in [0.3, 0.4) is 0 Å². The molecule has 3 aromatic carbocycles. The maximum absolute atomic E-state index is 8.47. The Labute approximate surface area is 216 Å². The van der Waals surface area contributed by atoms with E-state index in [0.29, 0.717) is 0 Å². The highest BCUT2D eigenvalue weighted by molar-refractivity contribution is 6.18. The Bertz CT molecular complexity index is 1730. The summed E-state index contributed by atoms with van der Waals surface area (Å²) in [6, 6.07) is 17.8. The van der Waals surface area contributed by atoms with Gasteiger partial charge in [-0.2, -0.15) is 0 Å². The molecule has 184 valence electrons. The molecule has 0 saturated heterocycles. The number of benzene rings is 3. The number of aromatic nitrogens is 1. The normalized spacial score (nSPS) is 17.5. The number of fused-ring (bicyclic) bond motifs is 7. The lowest BCUT2D eigenvalue weighted by molar-refractivity contribution is -0.660. The van der Waals surface area contributed by atoms with Gasteiger partial charge in [0, 0.05) is 29.2 Å². The summed E-state index contributed by atoms with van der Waals surface area (Å²) < 4.78 is 17.6. The van der Waals surface area contributed by atoms with Gasteiger partial charge in [-0.3, -0.25) is 0 Å². The zero-order valence-corrected chi connectivity index (χ0v) is 23.0.